The molecule has 0 amide bonds. The van der Waals surface area contributed by atoms with Crippen molar-refractivity contribution in [1.82, 2.24) is 0 Å². The molecule has 0 aliphatic heterocycles. The van der Waals surface area contributed by atoms with E-state index in [0.29, 0.717) is 12.8 Å². The molecule has 0 heterocycles. The third kappa shape index (κ3) is 12.6. The molecule has 8 nitrogen and oxygen atoms in total. The van der Waals surface area contributed by atoms with Crippen molar-refractivity contribution < 1.29 is 39.6 Å². The zero-order valence-electron chi connectivity index (χ0n) is 23.6. The van der Waals surface area contributed by atoms with Crippen molar-refractivity contribution in [3.8, 4) is 0 Å². The average molecular weight is 541 g/mol. The van der Waals surface area contributed by atoms with Gasteiger partial charge in [0.05, 0.1) is 0 Å². The highest BCUT2D eigenvalue weighted by Gasteiger charge is 2.36. The van der Waals surface area contributed by atoms with Gasteiger partial charge in [-0.15, -0.1) is 0 Å². The molecule has 4 unspecified atom stereocenters. The molecule has 38 heavy (non-hydrogen) atoms. The van der Waals surface area contributed by atoms with Gasteiger partial charge in [0.2, 0.25) is 0 Å². The van der Waals surface area contributed by atoms with Crippen LogP contribution in [0.3, 0.4) is 0 Å². The summed E-state index contributed by atoms with van der Waals surface area (Å²) in [6, 6.07) is 0. The molecule has 1 rings (SSSR count). The van der Waals surface area contributed by atoms with Gasteiger partial charge in [0.1, 0.15) is 0 Å². The molecule has 1 saturated carbocycles. The maximum Gasteiger partial charge on any atom is 0.317 e. The van der Waals surface area contributed by atoms with Crippen molar-refractivity contribution in [3.05, 3.63) is 0 Å². The van der Waals surface area contributed by atoms with Gasteiger partial charge in [0, 0.05) is 0 Å². The Morgan fingerprint density at radius 3 is 1.39 bits per heavy atom. The molecule has 1 aliphatic rings. The largest absolute Gasteiger partial charge is 0.481 e. The van der Waals surface area contributed by atoms with Gasteiger partial charge in [-0.25, -0.2) is 0 Å². The molecule has 0 radical (unpaired) electrons. The van der Waals surface area contributed by atoms with Gasteiger partial charge < -0.3 is 20.4 Å². The Morgan fingerprint density at radius 2 is 0.974 bits per heavy atom. The standard InChI is InChI=1S/C30H52O8/c1-3-14-22-20-19-21(2)23(15-10-6-4-8-12-17-25(27(31)32)28(33)34)24(22)16-11-7-5-9-13-18-26(29(35)36)30(37)38/h21-26H,3-20H2,1-2H3,(H,31,32)(H,33,34)(H,35,36)(H,37,38). The Bertz CT molecular complexity index is 693. The maximum absolute atomic E-state index is 11.0. The SMILES string of the molecule is CCCC1CCC(C)C(CCCCCCCC(C(=O)O)C(=O)O)C1CCCCCCCC(C(=O)O)C(=O)O. The number of hydrogen-bond acceptors (Lipinski definition) is 4. The summed E-state index contributed by atoms with van der Waals surface area (Å²) in [5.41, 5.74) is 0. The van der Waals surface area contributed by atoms with Crippen molar-refractivity contribution in [3.63, 3.8) is 0 Å². The van der Waals surface area contributed by atoms with E-state index in [2.05, 4.69) is 13.8 Å². The van der Waals surface area contributed by atoms with E-state index in [-0.39, 0.29) is 12.8 Å². The lowest BCUT2D eigenvalue weighted by Crippen LogP contribution is -2.33. The summed E-state index contributed by atoms with van der Waals surface area (Å²) in [4.78, 5) is 44.0. The minimum absolute atomic E-state index is 0.199. The molecule has 1 aliphatic carbocycles. The Hall–Kier alpha value is -2.12. The van der Waals surface area contributed by atoms with Crippen LogP contribution < -0.4 is 0 Å². The molecular weight excluding hydrogens is 488 g/mol. The molecule has 0 aromatic rings. The third-order valence-corrected chi connectivity index (χ3v) is 8.79. The van der Waals surface area contributed by atoms with Gasteiger partial charge in [-0.1, -0.05) is 97.3 Å². The normalized spacial score (nSPS) is 21.6. The quantitative estimate of drug-likeness (QED) is 0.0839. The van der Waals surface area contributed by atoms with Crippen molar-refractivity contribution in [1.29, 1.82) is 0 Å². The second kappa shape index (κ2) is 19.0. The maximum atomic E-state index is 11.0. The lowest BCUT2D eigenvalue weighted by molar-refractivity contribution is -0.156. The highest BCUT2D eigenvalue weighted by molar-refractivity contribution is 5.93. The summed E-state index contributed by atoms with van der Waals surface area (Å²) in [6.45, 7) is 4.67. The van der Waals surface area contributed by atoms with E-state index in [0.717, 1.165) is 62.2 Å². The van der Waals surface area contributed by atoms with Crippen LogP contribution >= 0.6 is 0 Å². The van der Waals surface area contributed by atoms with E-state index < -0.39 is 35.7 Å². The van der Waals surface area contributed by atoms with E-state index >= 15 is 0 Å². The summed E-state index contributed by atoms with van der Waals surface area (Å²) in [5, 5.41) is 36.0. The predicted molar refractivity (Wildman–Crippen MR) is 146 cm³/mol. The van der Waals surface area contributed by atoms with E-state index in [1.165, 1.54) is 51.4 Å². The minimum Gasteiger partial charge on any atom is -0.481 e. The van der Waals surface area contributed by atoms with Crippen LogP contribution in [0.15, 0.2) is 0 Å². The fourth-order valence-electron chi connectivity index (χ4n) is 6.58. The second-order valence-electron chi connectivity index (χ2n) is 11.6. The molecule has 0 aromatic heterocycles. The number of unbranched alkanes of at least 4 members (excludes halogenated alkanes) is 8. The van der Waals surface area contributed by atoms with Crippen LogP contribution in [0.25, 0.3) is 0 Å². The number of carboxylic acid groups (broad SMARTS) is 4. The summed E-state index contributed by atoms with van der Waals surface area (Å²) < 4.78 is 0. The van der Waals surface area contributed by atoms with Crippen LogP contribution in [0.1, 0.15) is 129 Å². The summed E-state index contributed by atoms with van der Waals surface area (Å²) >= 11 is 0. The molecule has 220 valence electrons. The Balaban J connectivity index is 2.41. The Kier molecular flexibility index (Phi) is 17.0. The van der Waals surface area contributed by atoms with Gasteiger partial charge >= 0.3 is 23.9 Å². The van der Waals surface area contributed by atoms with E-state index in [1.54, 1.807) is 0 Å². The molecule has 4 atom stereocenters. The highest BCUT2D eigenvalue weighted by Crippen LogP contribution is 2.45. The average Bonchev–Trinajstić information content (AvgIpc) is 2.84. The predicted octanol–water partition coefficient (Wildman–Crippen LogP) is 7.10. The van der Waals surface area contributed by atoms with Crippen molar-refractivity contribution in [2.45, 2.75) is 129 Å². The Labute approximate surface area is 228 Å². The van der Waals surface area contributed by atoms with Gasteiger partial charge in [-0.2, -0.15) is 0 Å². The smallest absolute Gasteiger partial charge is 0.317 e. The zero-order chi connectivity index (χ0) is 28.5. The number of rotatable bonds is 22. The van der Waals surface area contributed by atoms with Crippen LogP contribution in [0.5, 0.6) is 0 Å². The summed E-state index contributed by atoms with van der Waals surface area (Å²) in [5.74, 6) is -4.58. The molecule has 0 aromatic carbocycles. The van der Waals surface area contributed by atoms with Crippen LogP contribution in [0, 0.1) is 35.5 Å². The molecule has 8 heteroatoms. The molecule has 1 fully saturated rings. The highest BCUT2D eigenvalue weighted by atomic mass is 16.4. The van der Waals surface area contributed by atoms with Crippen LogP contribution in [-0.4, -0.2) is 44.3 Å². The van der Waals surface area contributed by atoms with Crippen molar-refractivity contribution in [2.75, 3.05) is 0 Å². The fourth-order valence-corrected chi connectivity index (χ4v) is 6.58. The molecule has 0 bridgehead atoms. The van der Waals surface area contributed by atoms with Gasteiger partial charge in [-0.3, -0.25) is 19.2 Å². The molecule has 0 spiro atoms. The zero-order valence-corrected chi connectivity index (χ0v) is 23.6. The number of carboxylic acids is 4. The van der Waals surface area contributed by atoms with E-state index in [9.17, 15) is 19.2 Å². The third-order valence-electron chi connectivity index (χ3n) is 8.79. The van der Waals surface area contributed by atoms with E-state index in [4.69, 9.17) is 20.4 Å². The number of hydrogen-bond donors (Lipinski definition) is 4. The Morgan fingerprint density at radius 1 is 0.579 bits per heavy atom. The monoisotopic (exact) mass is 540 g/mol. The van der Waals surface area contributed by atoms with Crippen LogP contribution in [-0.2, 0) is 19.2 Å². The first-order chi connectivity index (χ1) is 18.1. The van der Waals surface area contributed by atoms with Crippen LogP contribution in [0.4, 0.5) is 0 Å². The second-order valence-corrected chi connectivity index (χ2v) is 11.6. The van der Waals surface area contributed by atoms with Crippen molar-refractivity contribution in [2.24, 2.45) is 35.5 Å². The summed E-state index contributed by atoms with van der Waals surface area (Å²) in [6.07, 6.45) is 17.6. The van der Waals surface area contributed by atoms with Gasteiger partial charge in [-0.05, 0) is 55.8 Å². The van der Waals surface area contributed by atoms with Crippen molar-refractivity contribution >= 4 is 23.9 Å². The fraction of sp³-hybridized carbons (Fsp3) is 0.867. The van der Waals surface area contributed by atoms with E-state index in [1.807, 2.05) is 0 Å². The number of aliphatic carboxylic acids is 4. The first-order valence-electron chi connectivity index (χ1n) is 15.0. The number of carbonyl (C=O) groups is 4. The molecule has 4 N–H and O–H groups in total. The minimum atomic E-state index is -1.29. The summed E-state index contributed by atoms with van der Waals surface area (Å²) in [7, 11) is 0. The lowest BCUT2D eigenvalue weighted by atomic mass is 9.63. The lowest BCUT2D eigenvalue weighted by Gasteiger charge is -2.43. The molecular formula is C30H52O8. The topological polar surface area (TPSA) is 149 Å². The van der Waals surface area contributed by atoms with Crippen LogP contribution in [0.2, 0.25) is 0 Å². The van der Waals surface area contributed by atoms with Gasteiger partial charge in [0.15, 0.2) is 11.8 Å². The first kappa shape index (κ1) is 33.9. The first-order valence-corrected chi connectivity index (χ1v) is 15.0. The molecule has 0 saturated heterocycles. The van der Waals surface area contributed by atoms with Gasteiger partial charge in [0.25, 0.3) is 0 Å².